The van der Waals surface area contributed by atoms with Gasteiger partial charge in [-0.2, -0.15) is 0 Å². The highest BCUT2D eigenvalue weighted by atomic mass is 31.0. The summed E-state index contributed by atoms with van der Waals surface area (Å²) in [6.07, 6.45) is 8.32. The van der Waals surface area contributed by atoms with E-state index in [4.69, 9.17) is 14.2 Å². The SMILES string of the molecule is CC12CC3(C)OC(C)(CC(C)(O1)C3(P)C1CCCCC1)O2. The second kappa shape index (κ2) is 4.04. The van der Waals surface area contributed by atoms with Crippen LogP contribution in [0.4, 0.5) is 0 Å². The molecule has 0 spiro atoms. The van der Waals surface area contributed by atoms with Crippen molar-refractivity contribution in [3.8, 4) is 0 Å². The molecule has 1 aliphatic carbocycles. The third-order valence-corrected chi connectivity index (χ3v) is 8.32. The number of hydrogen-bond donors (Lipinski definition) is 0. The largest absolute Gasteiger partial charge is 0.343 e. The van der Waals surface area contributed by atoms with Crippen LogP contribution in [-0.4, -0.2) is 27.9 Å². The minimum atomic E-state index is -0.497. The van der Waals surface area contributed by atoms with Gasteiger partial charge in [-0.05, 0) is 46.5 Å². The van der Waals surface area contributed by atoms with Gasteiger partial charge in [0.2, 0.25) is 0 Å². The van der Waals surface area contributed by atoms with E-state index in [1.807, 2.05) is 0 Å². The Morgan fingerprint density at radius 3 is 1.71 bits per heavy atom. The lowest BCUT2D eigenvalue weighted by molar-refractivity contribution is -0.524. The van der Waals surface area contributed by atoms with Crippen LogP contribution in [0.3, 0.4) is 0 Å². The molecule has 5 atom stereocenters. The highest BCUT2D eigenvalue weighted by molar-refractivity contribution is 7.19. The summed E-state index contributed by atoms with van der Waals surface area (Å²) in [6.45, 7) is 8.78. The molecule has 0 amide bonds. The van der Waals surface area contributed by atoms with Crippen molar-refractivity contribution >= 4 is 9.24 Å². The fourth-order valence-electron chi connectivity index (χ4n) is 6.34. The first kappa shape index (κ1) is 14.9. The van der Waals surface area contributed by atoms with E-state index < -0.39 is 11.6 Å². The van der Waals surface area contributed by atoms with Crippen molar-refractivity contribution in [3.63, 3.8) is 0 Å². The average Bonchev–Trinajstić information content (AvgIpc) is 2.32. The predicted molar refractivity (Wildman–Crippen MR) is 85.1 cm³/mol. The Kier molecular flexibility index (Phi) is 2.86. The van der Waals surface area contributed by atoms with Gasteiger partial charge in [-0.3, -0.25) is 0 Å². The fraction of sp³-hybridized carbons (Fsp3) is 1.00. The van der Waals surface area contributed by atoms with E-state index in [1.165, 1.54) is 32.1 Å². The molecule has 120 valence electrons. The highest BCUT2D eigenvalue weighted by Gasteiger charge is 2.77. The van der Waals surface area contributed by atoms with Gasteiger partial charge in [0.15, 0.2) is 11.6 Å². The summed E-state index contributed by atoms with van der Waals surface area (Å²) in [4.78, 5) is 0. The molecule has 5 unspecified atom stereocenters. The molecule has 5 rings (SSSR count). The van der Waals surface area contributed by atoms with E-state index in [0.717, 1.165) is 12.8 Å². The van der Waals surface area contributed by atoms with E-state index in [2.05, 4.69) is 36.9 Å². The van der Waals surface area contributed by atoms with Crippen molar-refractivity contribution in [2.45, 2.75) is 101 Å². The monoisotopic (exact) mass is 312 g/mol. The smallest absolute Gasteiger partial charge is 0.172 e. The molecule has 4 heteroatoms. The molecule has 0 N–H and O–H groups in total. The van der Waals surface area contributed by atoms with Gasteiger partial charge in [0, 0.05) is 18.0 Å². The van der Waals surface area contributed by atoms with Crippen molar-refractivity contribution in [1.82, 2.24) is 0 Å². The predicted octanol–water partition coefficient (Wildman–Crippen LogP) is 4.00. The molecule has 1 saturated carbocycles. The van der Waals surface area contributed by atoms with Gasteiger partial charge in [0.1, 0.15) is 0 Å². The van der Waals surface area contributed by atoms with E-state index in [9.17, 15) is 0 Å². The molecule has 3 nitrogen and oxygen atoms in total. The second-order valence-electron chi connectivity index (χ2n) is 8.59. The molecule has 4 aliphatic heterocycles. The Bertz CT molecular complexity index is 427. The molecule has 21 heavy (non-hydrogen) atoms. The lowest BCUT2D eigenvalue weighted by Gasteiger charge is -2.75. The number of ether oxygens (including phenoxy) is 3. The summed E-state index contributed by atoms with van der Waals surface area (Å²) in [7, 11) is 3.22. The zero-order valence-electron chi connectivity index (χ0n) is 13.8. The molecule has 0 aromatic heterocycles. The molecule has 5 fully saturated rings. The van der Waals surface area contributed by atoms with Crippen LogP contribution in [0.5, 0.6) is 0 Å². The van der Waals surface area contributed by atoms with E-state index >= 15 is 0 Å². The van der Waals surface area contributed by atoms with Crippen LogP contribution in [0.2, 0.25) is 0 Å². The van der Waals surface area contributed by atoms with E-state index in [-0.39, 0.29) is 16.4 Å². The molecule has 0 aromatic carbocycles. The molecule has 4 bridgehead atoms. The van der Waals surface area contributed by atoms with Crippen LogP contribution < -0.4 is 0 Å². The Hall–Kier alpha value is 0.310. The summed E-state index contributed by atoms with van der Waals surface area (Å²) in [5.41, 5.74) is -0.376. The molecule has 4 heterocycles. The van der Waals surface area contributed by atoms with Crippen LogP contribution >= 0.6 is 9.24 Å². The summed E-state index contributed by atoms with van der Waals surface area (Å²) in [5, 5.41) is -0.0107. The fourth-order valence-corrected chi connectivity index (χ4v) is 6.99. The van der Waals surface area contributed by atoms with Gasteiger partial charge in [-0.15, -0.1) is 9.24 Å². The number of rotatable bonds is 1. The Morgan fingerprint density at radius 1 is 0.762 bits per heavy atom. The third kappa shape index (κ3) is 1.75. The summed E-state index contributed by atoms with van der Waals surface area (Å²) in [5.74, 6) is -0.328. The molecule has 5 aliphatic rings. The summed E-state index contributed by atoms with van der Waals surface area (Å²) < 4.78 is 19.3. The lowest BCUT2D eigenvalue weighted by Crippen LogP contribution is -2.84. The zero-order valence-corrected chi connectivity index (χ0v) is 15.0. The quantitative estimate of drug-likeness (QED) is 0.685. The van der Waals surface area contributed by atoms with Crippen LogP contribution in [-0.2, 0) is 14.2 Å². The van der Waals surface area contributed by atoms with E-state index in [0.29, 0.717) is 5.92 Å². The van der Waals surface area contributed by atoms with Crippen LogP contribution in [0.25, 0.3) is 0 Å². The van der Waals surface area contributed by atoms with Crippen molar-refractivity contribution in [2.24, 2.45) is 5.92 Å². The van der Waals surface area contributed by atoms with Crippen LogP contribution in [0.15, 0.2) is 0 Å². The maximum absolute atomic E-state index is 6.57. The maximum atomic E-state index is 6.57. The molecular formula is C17H29O3P. The van der Waals surface area contributed by atoms with Crippen molar-refractivity contribution in [2.75, 3.05) is 0 Å². The first-order valence-electron chi connectivity index (χ1n) is 8.53. The molecular weight excluding hydrogens is 283 g/mol. The number of hydrogen-bond acceptors (Lipinski definition) is 3. The topological polar surface area (TPSA) is 27.7 Å². The van der Waals surface area contributed by atoms with Gasteiger partial charge >= 0.3 is 0 Å². The van der Waals surface area contributed by atoms with Crippen molar-refractivity contribution in [3.05, 3.63) is 0 Å². The van der Waals surface area contributed by atoms with Gasteiger partial charge in [-0.1, -0.05) is 19.3 Å². The Balaban J connectivity index is 1.81. The summed E-state index contributed by atoms with van der Waals surface area (Å²) in [6, 6.07) is 0. The Morgan fingerprint density at radius 2 is 1.24 bits per heavy atom. The molecule has 0 aromatic rings. The van der Waals surface area contributed by atoms with Gasteiger partial charge in [-0.25, -0.2) is 0 Å². The molecule has 4 saturated heterocycles. The van der Waals surface area contributed by atoms with Crippen LogP contribution in [0, 0.1) is 5.92 Å². The van der Waals surface area contributed by atoms with Gasteiger partial charge in [0.05, 0.1) is 11.2 Å². The zero-order chi connectivity index (χ0) is 15.1. The van der Waals surface area contributed by atoms with Crippen molar-refractivity contribution in [1.29, 1.82) is 0 Å². The second-order valence-corrected chi connectivity index (χ2v) is 9.50. The van der Waals surface area contributed by atoms with Crippen LogP contribution in [0.1, 0.15) is 72.6 Å². The lowest BCUT2D eigenvalue weighted by atomic mass is 9.57. The highest BCUT2D eigenvalue weighted by Crippen LogP contribution is 2.69. The minimum absolute atomic E-state index is 0.0107. The van der Waals surface area contributed by atoms with E-state index in [1.54, 1.807) is 0 Å². The third-order valence-electron chi connectivity index (χ3n) is 6.63. The first-order chi connectivity index (χ1) is 9.64. The standard InChI is InChI=1S/C17H29O3P/c1-13-10-15(3)19-14(2,11-16(4,18-13)20-15)17(13,21)12-8-6-5-7-9-12/h12H,5-11,21H2,1-4H3. The summed E-state index contributed by atoms with van der Waals surface area (Å²) >= 11 is 0. The van der Waals surface area contributed by atoms with Crippen molar-refractivity contribution < 1.29 is 14.2 Å². The maximum Gasteiger partial charge on any atom is 0.172 e. The normalized spacial score (nSPS) is 60.4. The first-order valence-corrected chi connectivity index (χ1v) is 9.11. The molecule has 0 radical (unpaired) electrons. The minimum Gasteiger partial charge on any atom is -0.343 e. The Labute approximate surface area is 130 Å². The van der Waals surface area contributed by atoms with Gasteiger partial charge in [0.25, 0.3) is 0 Å². The average molecular weight is 312 g/mol. The van der Waals surface area contributed by atoms with Gasteiger partial charge < -0.3 is 14.2 Å².